The minimum atomic E-state index is -0.232. The summed E-state index contributed by atoms with van der Waals surface area (Å²) in [6.07, 6.45) is 6.62. The molecular formula is C22H23N7O2. The fraction of sp³-hybridized carbons (Fsp3) is 0.182. The lowest BCUT2D eigenvalue weighted by Crippen LogP contribution is -2.22. The van der Waals surface area contributed by atoms with E-state index >= 15 is 0 Å². The molecule has 0 saturated heterocycles. The summed E-state index contributed by atoms with van der Waals surface area (Å²) in [7, 11) is 0. The summed E-state index contributed by atoms with van der Waals surface area (Å²) in [6.45, 7) is 6.22. The van der Waals surface area contributed by atoms with Crippen molar-refractivity contribution in [1.29, 1.82) is 0 Å². The third-order valence-electron chi connectivity index (χ3n) is 5.00. The number of amides is 2. The van der Waals surface area contributed by atoms with Crippen molar-refractivity contribution in [2.24, 2.45) is 0 Å². The molecule has 0 unspecified atom stereocenters. The van der Waals surface area contributed by atoms with Gasteiger partial charge in [-0.25, -0.2) is 9.50 Å². The van der Waals surface area contributed by atoms with Crippen LogP contribution in [0, 0.1) is 13.8 Å². The van der Waals surface area contributed by atoms with Gasteiger partial charge in [0.05, 0.1) is 5.56 Å². The Morgan fingerprint density at radius 1 is 1.10 bits per heavy atom. The second-order valence-electron chi connectivity index (χ2n) is 7.11. The summed E-state index contributed by atoms with van der Waals surface area (Å²) in [5.74, 6) is 0.162. The van der Waals surface area contributed by atoms with Crippen LogP contribution < -0.4 is 16.1 Å². The Morgan fingerprint density at radius 2 is 1.87 bits per heavy atom. The van der Waals surface area contributed by atoms with Gasteiger partial charge in [0.1, 0.15) is 11.8 Å². The van der Waals surface area contributed by atoms with Crippen LogP contribution in [0.3, 0.4) is 0 Å². The number of carbonyl (C=O) groups is 2. The van der Waals surface area contributed by atoms with Crippen LogP contribution in [0.2, 0.25) is 0 Å². The zero-order valence-corrected chi connectivity index (χ0v) is 17.5. The summed E-state index contributed by atoms with van der Waals surface area (Å²) in [5, 5.41) is 10.4. The summed E-state index contributed by atoms with van der Waals surface area (Å²) < 4.78 is 3.23. The van der Waals surface area contributed by atoms with Crippen molar-refractivity contribution in [2.75, 3.05) is 17.3 Å². The first-order valence-electron chi connectivity index (χ1n) is 9.91. The van der Waals surface area contributed by atoms with Gasteiger partial charge in [0, 0.05) is 36.4 Å². The fourth-order valence-corrected chi connectivity index (χ4v) is 3.35. The van der Waals surface area contributed by atoms with Crippen molar-refractivity contribution in [3.8, 4) is 0 Å². The van der Waals surface area contributed by atoms with E-state index < -0.39 is 0 Å². The number of benzene rings is 1. The number of hydrogen-bond acceptors (Lipinski definition) is 5. The Labute approximate surface area is 179 Å². The Hall–Kier alpha value is -4.14. The van der Waals surface area contributed by atoms with Crippen LogP contribution >= 0.6 is 0 Å². The molecule has 9 nitrogen and oxygen atoms in total. The van der Waals surface area contributed by atoms with Crippen LogP contribution in [0.15, 0.2) is 55.2 Å². The third kappa shape index (κ3) is 3.97. The molecule has 3 aromatic heterocycles. The molecule has 3 heterocycles. The van der Waals surface area contributed by atoms with Gasteiger partial charge >= 0.3 is 0 Å². The van der Waals surface area contributed by atoms with E-state index in [0.717, 1.165) is 16.8 Å². The van der Waals surface area contributed by atoms with Crippen molar-refractivity contribution < 1.29 is 9.59 Å². The summed E-state index contributed by atoms with van der Waals surface area (Å²) in [6, 6.07) is 9.08. The molecule has 4 aromatic rings. The Morgan fingerprint density at radius 3 is 2.61 bits per heavy atom. The number of nitrogens with zero attached hydrogens (tertiary/aromatic N) is 4. The number of aryl methyl sites for hydroxylation is 2. The first-order valence-corrected chi connectivity index (χ1v) is 9.91. The second-order valence-corrected chi connectivity index (χ2v) is 7.11. The number of rotatable bonds is 6. The zero-order valence-electron chi connectivity index (χ0n) is 17.5. The van der Waals surface area contributed by atoms with Gasteiger partial charge in [0.15, 0.2) is 5.82 Å². The molecule has 0 aliphatic carbocycles. The monoisotopic (exact) mass is 417 g/mol. The molecule has 0 fully saturated rings. The molecule has 0 saturated carbocycles. The Balaban J connectivity index is 1.67. The quantitative estimate of drug-likeness (QED) is 0.447. The maximum absolute atomic E-state index is 12.6. The van der Waals surface area contributed by atoms with Crippen LogP contribution in [0.25, 0.3) is 5.52 Å². The van der Waals surface area contributed by atoms with Gasteiger partial charge in [-0.15, -0.1) is 0 Å². The normalized spacial score (nSPS) is 10.8. The average Bonchev–Trinajstić information content (AvgIpc) is 3.38. The first kappa shape index (κ1) is 20.1. The number of fused-ring (bicyclic) bond motifs is 1. The van der Waals surface area contributed by atoms with E-state index in [2.05, 4.69) is 26.1 Å². The molecule has 4 rings (SSSR count). The topological polar surface area (TPSA) is 105 Å². The van der Waals surface area contributed by atoms with E-state index in [1.807, 2.05) is 39.0 Å². The number of aromatic nitrogens is 4. The smallest absolute Gasteiger partial charge is 0.270 e. The molecule has 0 bridgehead atoms. The molecule has 31 heavy (non-hydrogen) atoms. The minimum absolute atomic E-state index is 0.156. The van der Waals surface area contributed by atoms with E-state index in [-0.39, 0.29) is 11.8 Å². The van der Waals surface area contributed by atoms with Crippen molar-refractivity contribution in [1.82, 2.24) is 24.6 Å². The van der Waals surface area contributed by atoms with Crippen LogP contribution in [0.4, 0.5) is 11.5 Å². The number of nitrogens with one attached hydrogen (secondary N) is 3. The lowest BCUT2D eigenvalue weighted by atomic mass is 10.1. The van der Waals surface area contributed by atoms with Crippen LogP contribution in [0.1, 0.15) is 38.8 Å². The molecule has 0 atom stereocenters. The number of carbonyl (C=O) groups excluding carboxylic acids is 2. The molecule has 0 spiro atoms. The largest absolute Gasteiger partial charge is 0.352 e. The van der Waals surface area contributed by atoms with Gasteiger partial charge in [-0.3, -0.25) is 19.7 Å². The predicted molar refractivity (Wildman–Crippen MR) is 118 cm³/mol. The SMILES string of the molecule is CCNC(=O)c1cn2ncnc(Nc3cc(C(=O)Nn4cccc4)ccc3C)c2c1C. The van der Waals surface area contributed by atoms with E-state index in [4.69, 9.17) is 0 Å². The molecule has 158 valence electrons. The molecule has 0 radical (unpaired) electrons. The van der Waals surface area contributed by atoms with Crippen LogP contribution in [-0.4, -0.2) is 37.6 Å². The molecule has 2 amide bonds. The van der Waals surface area contributed by atoms with Crippen LogP contribution in [0.5, 0.6) is 0 Å². The second kappa shape index (κ2) is 8.31. The highest BCUT2D eigenvalue weighted by atomic mass is 16.2. The summed E-state index contributed by atoms with van der Waals surface area (Å²) in [5.41, 5.74) is 6.99. The minimum Gasteiger partial charge on any atom is -0.352 e. The summed E-state index contributed by atoms with van der Waals surface area (Å²) >= 11 is 0. The van der Waals surface area contributed by atoms with E-state index in [1.165, 1.54) is 6.33 Å². The van der Waals surface area contributed by atoms with E-state index in [1.54, 1.807) is 39.9 Å². The maximum Gasteiger partial charge on any atom is 0.270 e. The van der Waals surface area contributed by atoms with Crippen LogP contribution in [-0.2, 0) is 0 Å². The zero-order chi connectivity index (χ0) is 22.0. The Kier molecular flexibility index (Phi) is 5.40. The lowest BCUT2D eigenvalue weighted by molar-refractivity contribution is 0.0954. The molecule has 1 aromatic carbocycles. The molecule has 3 N–H and O–H groups in total. The number of anilines is 2. The lowest BCUT2D eigenvalue weighted by Gasteiger charge is -2.13. The van der Waals surface area contributed by atoms with Crippen molar-refractivity contribution >= 4 is 28.8 Å². The maximum atomic E-state index is 12.6. The van der Waals surface area contributed by atoms with E-state index in [9.17, 15) is 9.59 Å². The standard InChI is InChI=1S/C22H23N7O2/c1-4-23-22(31)17-12-29-19(15(17)3)20(24-13-25-29)26-18-11-16(8-7-14(18)2)21(30)27-28-9-5-6-10-28/h5-13H,4H2,1-3H3,(H,23,31)(H,27,30)(H,24,25,26). The van der Waals surface area contributed by atoms with Gasteiger partial charge in [-0.1, -0.05) is 6.07 Å². The van der Waals surface area contributed by atoms with Gasteiger partial charge in [-0.05, 0) is 56.2 Å². The molecular weight excluding hydrogens is 394 g/mol. The van der Waals surface area contributed by atoms with Crippen molar-refractivity contribution in [3.63, 3.8) is 0 Å². The highest BCUT2D eigenvalue weighted by Gasteiger charge is 2.18. The highest BCUT2D eigenvalue weighted by molar-refractivity contribution is 6.01. The average molecular weight is 417 g/mol. The first-order chi connectivity index (χ1) is 15.0. The van der Waals surface area contributed by atoms with Crippen molar-refractivity contribution in [3.05, 3.63) is 77.5 Å². The molecule has 9 heteroatoms. The van der Waals surface area contributed by atoms with Crippen molar-refractivity contribution in [2.45, 2.75) is 20.8 Å². The molecule has 0 aliphatic heterocycles. The Bertz CT molecular complexity index is 1260. The highest BCUT2D eigenvalue weighted by Crippen LogP contribution is 2.27. The van der Waals surface area contributed by atoms with Gasteiger partial charge in [0.25, 0.3) is 11.8 Å². The van der Waals surface area contributed by atoms with Gasteiger partial charge in [-0.2, -0.15) is 5.10 Å². The predicted octanol–water partition coefficient (Wildman–Crippen LogP) is 3.02. The van der Waals surface area contributed by atoms with E-state index in [0.29, 0.717) is 29.0 Å². The fourth-order valence-electron chi connectivity index (χ4n) is 3.35. The van der Waals surface area contributed by atoms with Gasteiger partial charge in [0.2, 0.25) is 0 Å². The number of hydrogen-bond donors (Lipinski definition) is 3. The third-order valence-corrected chi connectivity index (χ3v) is 5.00. The molecule has 0 aliphatic rings. The van der Waals surface area contributed by atoms with Gasteiger partial charge < -0.3 is 10.6 Å². The summed E-state index contributed by atoms with van der Waals surface area (Å²) in [4.78, 5) is 29.3.